The Morgan fingerprint density at radius 2 is 2.21 bits per heavy atom. The number of hydrogen-bond donors (Lipinski definition) is 3. The molecule has 104 valence electrons. The largest absolute Gasteiger partial charge is 0.381 e. The van der Waals surface area contributed by atoms with Crippen LogP contribution in [0.25, 0.3) is 0 Å². The summed E-state index contributed by atoms with van der Waals surface area (Å²) < 4.78 is 5.92. The number of H-pyrrole nitrogens is 1. The predicted octanol–water partition coefficient (Wildman–Crippen LogP) is 0.830. The number of nitrogens with two attached hydrogens (primary N) is 1. The monoisotopic (exact) mass is 329 g/mol. The van der Waals surface area contributed by atoms with Gasteiger partial charge in [-0.15, -0.1) is 0 Å². The van der Waals surface area contributed by atoms with Crippen molar-refractivity contribution < 1.29 is 9.53 Å². The third-order valence-corrected chi connectivity index (χ3v) is 3.66. The first-order chi connectivity index (χ1) is 9.08. The fourth-order valence-corrected chi connectivity index (χ4v) is 2.40. The van der Waals surface area contributed by atoms with Gasteiger partial charge in [0.1, 0.15) is 5.69 Å². The molecule has 7 heteroatoms. The van der Waals surface area contributed by atoms with Gasteiger partial charge >= 0.3 is 0 Å². The van der Waals surface area contributed by atoms with Gasteiger partial charge in [0.15, 0.2) is 0 Å². The first-order valence-corrected chi connectivity index (χ1v) is 6.89. The molecule has 0 bridgehead atoms. The van der Waals surface area contributed by atoms with E-state index in [4.69, 9.17) is 10.5 Å². The quantitative estimate of drug-likeness (QED) is 0.765. The van der Waals surface area contributed by atoms with Gasteiger partial charge in [0, 0.05) is 23.9 Å². The molecule has 0 spiro atoms. The fraction of sp³-hybridized carbons (Fsp3) is 0.500. The Morgan fingerprint density at radius 3 is 2.89 bits per heavy atom. The number of ether oxygens (including phenoxy) is 1. The number of carbonyl (C=O) groups excluding carboxylic acids is 1. The van der Waals surface area contributed by atoms with Crippen LogP contribution in [-0.4, -0.2) is 30.1 Å². The number of hydrogen-bond acceptors (Lipinski definition) is 4. The summed E-state index contributed by atoms with van der Waals surface area (Å²) in [5.41, 5.74) is 5.78. The van der Waals surface area contributed by atoms with Gasteiger partial charge in [-0.05, 0) is 40.8 Å². The number of rotatable bonds is 3. The summed E-state index contributed by atoms with van der Waals surface area (Å²) in [5, 5.41) is 2.57. The number of halogens is 1. The number of carbonyl (C=O) groups is 1. The van der Waals surface area contributed by atoms with E-state index in [1.54, 1.807) is 6.07 Å². The maximum absolute atomic E-state index is 12.0. The van der Waals surface area contributed by atoms with Gasteiger partial charge in [0.05, 0.1) is 6.04 Å². The summed E-state index contributed by atoms with van der Waals surface area (Å²) in [6.45, 7) is 1.26. The lowest BCUT2D eigenvalue weighted by Gasteiger charge is -2.26. The molecule has 1 aliphatic rings. The molecule has 2 heterocycles. The fourth-order valence-electron chi connectivity index (χ4n) is 2.06. The second kappa shape index (κ2) is 6.31. The standard InChI is InChI=1S/C12H16BrN3O3/c13-8-5-9(11(17)15-6-8)16-12(18)10(14)7-1-3-19-4-2-7/h5-7,10H,1-4,14H2,(H,15,17)(H,16,18). The highest BCUT2D eigenvalue weighted by Gasteiger charge is 2.26. The van der Waals surface area contributed by atoms with Crippen molar-refractivity contribution in [2.24, 2.45) is 11.7 Å². The van der Waals surface area contributed by atoms with Crippen LogP contribution in [-0.2, 0) is 9.53 Å². The molecule has 1 unspecified atom stereocenters. The Kier molecular flexibility index (Phi) is 4.73. The van der Waals surface area contributed by atoms with E-state index in [-0.39, 0.29) is 23.1 Å². The number of aromatic nitrogens is 1. The minimum absolute atomic E-state index is 0.0972. The highest BCUT2D eigenvalue weighted by molar-refractivity contribution is 9.10. The minimum Gasteiger partial charge on any atom is -0.381 e. The van der Waals surface area contributed by atoms with E-state index in [1.807, 2.05) is 0 Å². The second-order valence-electron chi connectivity index (χ2n) is 4.53. The van der Waals surface area contributed by atoms with E-state index in [2.05, 4.69) is 26.2 Å². The molecule has 1 aromatic heterocycles. The highest BCUT2D eigenvalue weighted by atomic mass is 79.9. The second-order valence-corrected chi connectivity index (χ2v) is 5.44. The lowest BCUT2D eigenvalue weighted by atomic mass is 9.92. The lowest BCUT2D eigenvalue weighted by Crippen LogP contribution is -2.44. The molecule has 0 radical (unpaired) electrons. The van der Waals surface area contributed by atoms with Crippen molar-refractivity contribution in [3.63, 3.8) is 0 Å². The van der Waals surface area contributed by atoms with Gasteiger partial charge in [0.25, 0.3) is 5.56 Å². The third-order valence-electron chi connectivity index (χ3n) is 3.20. The van der Waals surface area contributed by atoms with Crippen LogP contribution in [0, 0.1) is 5.92 Å². The normalized spacial score (nSPS) is 18.0. The maximum atomic E-state index is 12.0. The third kappa shape index (κ3) is 3.65. The summed E-state index contributed by atoms with van der Waals surface area (Å²) in [6, 6.07) is 0.926. The molecule has 1 fully saturated rings. The first kappa shape index (κ1) is 14.2. The summed E-state index contributed by atoms with van der Waals surface area (Å²) in [4.78, 5) is 26.1. The first-order valence-electron chi connectivity index (χ1n) is 6.10. The molecular formula is C12H16BrN3O3. The predicted molar refractivity (Wildman–Crippen MR) is 74.9 cm³/mol. The van der Waals surface area contributed by atoms with Gasteiger partial charge in [-0.1, -0.05) is 0 Å². The SMILES string of the molecule is NC(C(=O)Nc1cc(Br)c[nH]c1=O)C1CCOCC1. The number of aromatic amines is 1. The Morgan fingerprint density at radius 1 is 1.53 bits per heavy atom. The van der Waals surface area contributed by atoms with Gasteiger partial charge in [-0.3, -0.25) is 9.59 Å². The average Bonchev–Trinajstić information content (AvgIpc) is 2.43. The number of anilines is 1. The summed E-state index contributed by atoms with van der Waals surface area (Å²) in [6.07, 6.45) is 3.04. The van der Waals surface area contributed by atoms with Gasteiger partial charge in [-0.25, -0.2) is 0 Å². The van der Waals surface area contributed by atoms with Crippen LogP contribution in [0.1, 0.15) is 12.8 Å². The van der Waals surface area contributed by atoms with Gasteiger partial charge < -0.3 is 20.8 Å². The average molecular weight is 330 g/mol. The van der Waals surface area contributed by atoms with E-state index < -0.39 is 6.04 Å². The van der Waals surface area contributed by atoms with E-state index >= 15 is 0 Å². The molecule has 1 atom stereocenters. The van der Waals surface area contributed by atoms with E-state index in [9.17, 15) is 9.59 Å². The zero-order valence-electron chi connectivity index (χ0n) is 10.3. The molecule has 1 aromatic rings. The molecule has 1 saturated heterocycles. The van der Waals surface area contributed by atoms with Crippen molar-refractivity contribution in [2.45, 2.75) is 18.9 Å². The van der Waals surface area contributed by atoms with Gasteiger partial charge in [-0.2, -0.15) is 0 Å². The lowest BCUT2D eigenvalue weighted by molar-refractivity contribution is -0.119. The van der Waals surface area contributed by atoms with Crippen molar-refractivity contribution in [1.29, 1.82) is 0 Å². The Hall–Kier alpha value is -1.18. The Labute approximate surface area is 118 Å². The van der Waals surface area contributed by atoms with Crippen molar-refractivity contribution >= 4 is 27.5 Å². The van der Waals surface area contributed by atoms with Crippen molar-refractivity contribution in [3.05, 3.63) is 27.1 Å². The zero-order valence-corrected chi connectivity index (χ0v) is 11.9. The molecule has 19 heavy (non-hydrogen) atoms. The molecule has 1 aliphatic heterocycles. The van der Waals surface area contributed by atoms with Crippen molar-refractivity contribution in [1.82, 2.24) is 4.98 Å². The molecule has 0 aliphatic carbocycles. The Bertz CT molecular complexity index is 511. The topological polar surface area (TPSA) is 97.2 Å². The van der Waals surface area contributed by atoms with Crippen LogP contribution >= 0.6 is 15.9 Å². The van der Waals surface area contributed by atoms with Gasteiger partial charge in [0.2, 0.25) is 5.91 Å². The summed E-state index contributed by atoms with van der Waals surface area (Å²) in [5.74, 6) is -0.240. The smallest absolute Gasteiger partial charge is 0.271 e. The van der Waals surface area contributed by atoms with Crippen molar-refractivity contribution in [3.8, 4) is 0 Å². The molecule has 6 nitrogen and oxygen atoms in total. The van der Waals surface area contributed by atoms with Crippen LogP contribution in [0.5, 0.6) is 0 Å². The zero-order chi connectivity index (χ0) is 13.8. The molecule has 1 amide bonds. The molecule has 2 rings (SSSR count). The number of amides is 1. The summed E-state index contributed by atoms with van der Waals surface area (Å²) in [7, 11) is 0. The van der Waals surface area contributed by atoms with Crippen molar-refractivity contribution in [2.75, 3.05) is 18.5 Å². The van der Waals surface area contributed by atoms with E-state index in [0.29, 0.717) is 17.7 Å². The molecule has 0 saturated carbocycles. The van der Waals surface area contributed by atoms with Crippen LogP contribution < -0.4 is 16.6 Å². The van der Waals surface area contributed by atoms with E-state index in [1.165, 1.54) is 6.20 Å². The molecule has 0 aromatic carbocycles. The maximum Gasteiger partial charge on any atom is 0.271 e. The van der Waals surface area contributed by atoms with Crippen LogP contribution in [0.15, 0.2) is 21.5 Å². The van der Waals surface area contributed by atoms with Crippen LogP contribution in [0.4, 0.5) is 5.69 Å². The highest BCUT2D eigenvalue weighted by Crippen LogP contribution is 2.18. The molecular weight excluding hydrogens is 314 g/mol. The summed E-state index contributed by atoms with van der Waals surface area (Å²) >= 11 is 3.23. The van der Waals surface area contributed by atoms with Crippen LogP contribution in [0.2, 0.25) is 0 Å². The molecule has 4 N–H and O–H groups in total. The van der Waals surface area contributed by atoms with E-state index in [0.717, 1.165) is 12.8 Å². The number of pyridine rings is 1. The van der Waals surface area contributed by atoms with Crippen LogP contribution in [0.3, 0.4) is 0 Å². The Balaban J connectivity index is 2.03. The minimum atomic E-state index is -0.623. The number of nitrogens with one attached hydrogen (secondary N) is 2.